The number of aromatic nitrogens is 1. The number of sulfone groups is 1. The molecule has 1 aromatic heterocycles. The van der Waals surface area contributed by atoms with Crippen molar-refractivity contribution in [1.29, 1.82) is 0 Å². The van der Waals surface area contributed by atoms with Crippen LogP contribution in [0.5, 0.6) is 11.5 Å². The minimum atomic E-state index is -4.21. The largest absolute Gasteiger partial charge is 0.493 e. The van der Waals surface area contributed by atoms with Gasteiger partial charge < -0.3 is 19.4 Å². The second-order valence-electron chi connectivity index (χ2n) is 8.53. The van der Waals surface area contributed by atoms with Gasteiger partial charge in [-0.15, -0.1) is 0 Å². The summed E-state index contributed by atoms with van der Waals surface area (Å²) in [7, 11) is -1.37. The van der Waals surface area contributed by atoms with Crippen molar-refractivity contribution in [3.05, 3.63) is 75.7 Å². The Morgan fingerprint density at radius 2 is 1.60 bits per heavy atom. The molecule has 3 rings (SSSR count). The van der Waals surface area contributed by atoms with E-state index in [2.05, 4.69) is 19.2 Å². The first-order valence-electron chi connectivity index (χ1n) is 11.1. The van der Waals surface area contributed by atoms with Crippen molar-refractivity contribution in [2.45, 2.75) is 49.9 Å². The molecule has 8 nitrogen and oxygen atoms in total. The minimum absolute atomic E-state index is 0.111. The van der Waals surface area contributed by atoms with Gasteiger partial charge in [-0.05, 0) is 61.2 Å². The zero-order chi connectivity index (χ0) is 25.9. The summed E-state index contributed by atoms with van der Waals surface area (Å²) >= 11 is 0. The van der Waals surface area contributed by atoms with E-state index >= 15 is 0 Å². The number of aryl methyl sites for hydroxylation is 2. The van der Waals surface area contributed by atoms with Gasteiger partial charge in [-0.1, -0.05) is 26.0 Å². The lowest BCUT2D eigenvalue weighted by Gasteiger charge is -2.16. The van der Waals surface area contributed by atoms with Crippen LogP contribution in [0.4, 0.5) is 5.69 Å². The number of carbonyl (C=O) groups is 1. The number of nitrogens with one attached hydrogen (secondary N) is 1. The second kappa shape index (κ2) is 10.4. The summed E-state index contributed by atoms with van der Waals surface area (Å²) in [5.74, 6) is 0.509. The van der Waals surface area contributed by atoms with Crippen molar-refractivity contribution < 1.29 is 22.7 Å². The quantitative estimate of drug-likeness (QED) is 0.502. The standard InChI is InChI=1S/C26H30N2O6S/c1-16(2)19-7-9-20(10-8-19)27-24(29)15-28-18(4)13-17(3)25(26(28)30)35(31,32)21-11-12-22(33-5)23(14-21)34-6/h7-14,16H,15H2,1-6H3,(H,27,29). The monoisotopic (exact) mass is 498 g/mol. The van der Waals surface area contributed by atoms with E-state index in [1.807, 2.05) is 12.1 Å². The molecule has 1 amide bonds. The van der Waals surface area contributed by atoms with Gasteiger partial charge in [0.2, 0.25) is 15.7 Å². The predicted octanol–water partition coefficient (Wildman–Crippen LogP) is 4.08. The van der Waals surface area contributed by atoms with Gasteiger partial charge in [0.05, 0.1) is 19.1 Å². The van der Waals surface area contributed by atoms with Gasteiger partial charge in [0.15, 0.2) is 11.5 Å². The average molecular weight is 499 g/mol. The minimum Gasteiger partial charge on any atom is -0.493 e. The van der Waals surface area contributed by atoms with Crippen LogP contribution in [-0.4, -0.2) is 33.1 Å². The van der Waals surface area contributed by atoms with Crippen molar-refractivity contribution >= 4 is 21.4 Å². The molecule has 0 radical (unpaired) electrons. The van der Waals surface area contributed by atoms with E-state index in [1.165, 1.54) is 37.0 Å². The van der Waals surface area contributed by atoms with Gasteiger partial charge in [-0.2, -0.15) is 0 Å². The number of carbonyl (C=O) groups excluding carboxylic acids is 1. The second-order valence-corrected chi connectivity index (χ2v) is 10.4. The summed E-state index contributed by atoms with van der Waals surface area (Å²) < 4.78 is 38.5. The van der Waals surface area contributed by atoms with Crippen LogP contribution in [0.25, 0.3) is 0 Å². The first-order valence-corrected chi connectivity index (χ1v) is 12.6. The Labute approximate surface area is 205 Å². The molecule has 186 valence electrons. The van der Waals surface area contributed by atoms with E-state index in [9.17, 15) is 18.0 Å². The molecule has 35 heavy (non-hydrogen) atoms. The van der Waals surface area contributed by atoms with Gasteiger partial charge in [-0.3, -0.25) is 9.59 Å². The maximum atomic E-state index is 13.5. The van der Waals surface area contributed by atoms with Crippen LogP contribution in [0.15, 0.2) is 63.1 Å². The Morgan fingerprint density at radius 3 is 2.17 bits per heavy atom. The molecule has 2 aromatic carbocycles. The molecular weight excluding hydrogens is 468 g/mol. The van der Waals surface area contributed by atoms with Gasteiger partial charge in [0.1, 0.15) is 11.4 Å². The Hall–Kier alpha value is -3.59. The van der Waals surface area contributed by atoms with E-state index in [1.54, 1.807) is 32.0 Å². The number of methoxy groups -OCH3 is 2. The van der Waals surface area contributed by atoms with Crippen molar-refractivity contribution in [3.8, 4) is 11.5 Å². The number of anilines is 1. The smallest absolute Gasteiger partial charge is 0.270 e. The topological polar surface area (TPSA) is 104 Å². The molecule has 0 saturated heterocycles. The molecule has 3 aromatic rings. The summed E-state index contributed by atoms with van der Waals surface area (Å²) in [6, 6.07) is 13.2. The van der Waals surface area contributed by atoms with Gasteiger partial charge in [0.25, 0.3) is 5.56 Å². The summed E-state index contributed by atoms with van der Waals surface area (Å²) in [6.07, 6.45) is 0. The number of ether oxygens (including phenoxy) is 2. The molecule has 0 bridgehead atoms. The molecule has 0 aliphatic heterocycles. The van der Waals surface area contributed by atoms with Crippen LogP contribution >= 0.6 is 0 Å². The Kier molecular flexibility index (Phi) is 7.70. The highest BCUT2D eigenvalue weighted by atomic mass is 32.2. The molecule has 0 unspecified atom stereocenters. The Bertz CT molecular complexity index is 1410. The fraction of sp³-hybridized carbons (Fsp3) is 0.308. The summed E-state index contributed by atoms with van der Waals surface area (Å²) in [5, 5.41) is 2.76. The first-order chi connectivity index (χ1) is 16.5. The molecule has 1 heterocycles. The summed E-state index contributed by atoms with van der Waals surface area (Å²) in [6.45, 7) is 7.04. The van der Waals surface area contributed by atoms with Crippen molar-refractivity contribution in [3.63, 3.8) is 0 Å². The predicted molar refractivity (Wildman–Crippen MR) is 134 cm³/mol. The van der Waals surface area contributed by atoms with Gasteiger partial charge >= 0.3 is 0 Å². The molecule has 0 aliphatic rings. The van der Waals surface area contributed by atoms with Crippen molar-refractivity contribution in [1.82, 2.24) is 4.57 Å². The third kappa shape index (κ3) is 5.40. The highest BCUT2D eigenvalue weighted by Crippen LogP contribution is 2.32. The molecule has 0 fully saturated rings. The summed E-state index contributed by atoms with van der Waals surface area (Å²) in [5.41, 5.74) is 1.74. The fourth-order valence-corrected chi connectivity index (χ4v) is 5.40. The zero-order valence-corrected chi connectivity index (χ0v) is 21.5. The lowest BCUT2D eigenvalue weighted by molar-refractivity contribution is -0.116. The van der Waals surface area contributed by atoms with Crippen LogP contribution in [0, 0.1) is 13.8 Å². The van der Waals surface area contributed by atoms with Crippen LogP contribution in [-0.2, 0) is 21.2 Å². The number of benzene rings is 2. The maximum Gasteiger partial charge on any atom is 0.270 e. The van der Waals surface area contributed by atoms with Crippen molar-refractivity contribution in [2.24, 2.45) is 0 Å². The third-order valence-electron chi connectivity index (χ3n) is 5.75. The third-order valence-corrected chi connectivity index (χ3v) is 7.65. The van der Waals surface area contributed by atoms with Crippen LogP contribution in [0.1, 0.15) is 36.6 Å². The number of hydrogen-bond acceptors (Lipinski definition) is 6. The Balaban J connectivity index is 1.97. The zero-order valence-electron chi connectivity index (χ0n) is 20.7. The molecule has 9 heteroatoms. The maximum absolute atomic E-state index is 13.5. The number of nitrogens with zero attached hydrogens (tertiary/aromatic N) is 1. The van der Waals surface area contributed by atoms with E-state index in [-0.39, 0.29) is 22.1 Å². The number of rotatable bonds is 8. The van der Waals surface area contributed by atoms with Gasteiger partial charge in [0, 0.05) is 17.4 Å². The fourth-order valence-electron chi connectivity index (χ4n) is 3.83. The SMILES string of the molecule is COc1ccc(S(=O)(=O)c2c(C)cc(C)n(CC(=O)Nc3ccc(C(C)C)cc3)c2=O)cc1OC. The molecule has 0 aliphatic carbocycles. The molecule has 0 spiro atoms. The first kappa shape index (κ1) is 26.0. The number of pyridine rings is 1. The summed E-state index contributed by atoms with van der Waals surface area (Å²) in [4.78, 5) is 25.6. The molecule has 1 N–H and O–H groups in total. The van der Waals surface area contributed by atoms with Crippen LogP contribution < -0.4 is 20.3 Å². The van der Waals surface area contributed by atoms with Crippen molar-refractivity contribution in [2.75, 3.05) is 19.5 Å². The Morgan fingerprint density at radius 1 is 0.971 bits per heavy atom. The van der Waals surface area contributed by atoms with E-state index in [4.69, 9.17) is 9.47 Å². The van der Waals surface area contributed by atoms with E-state index < -0.39 is 21.3 Å². The molecule has 0 saturated carbocycles. The van der Waals surface area contributed by atoms with E-state index in [0.717, 1.165) is 5.56 Å². The lowest BCUT2D eigenvalue weighted by atomic mass is 10.0. The number of hydrogen-bond donors (Lipinski definition) is 1. The van der Waals surface area contributed by atoms with Crippen LogP contribution in [0.2, 0.25) is 0 Å². The van der Waals surface area contributed by atoms with Crippen LogP contribution in [0.3, 0.4) is 0 Å². The highest BCUT2D eigenvalue weighted by molar-refractivity contribution is 7.91. The number of amides is 1. The van der Waals surface area contributed by atoms with E-state index in [0.29, 0.717) is 28.6 Å². The molecular formula is C26H30N2O6S. The normalized spacial score (nSPS) is 11.4. The highest BCUT2D eigenvalue weighted by Gasteiger charge is 2.27. The molecule has 0 atom stereocenters. The average Bonchev–Trinajstić information content (AvgIpc) is 2.81. The van der Waals surface area contributed by atoms with Gasteiger partial charge in [-0.25, -0.2) is 8.42 Å². The lowest BCUT2D eigenvalue weighted by Crippen LogP contribution is -2.33.